The molecule has 1 aromatic carbocycles. The van der Waals surface area contributed by atoms with Gasteiger partial charge in [-0.2, -0.15) is 23.1 Å². The predicted molar refractivity (Wildman–Crippen MR) is 107 cm³/mol. The summed E-state index contributed by atoms with van der Waals surface area (Å²) < 4.78 is 49.8. The zero-order valence-corrected chi connectivity index (χ0v) is 17.2. The molecule has 0 radical (unpaired) electrons. The Balaban J connectivity index is 1.49. The van der Waals surface area contributed by atoms with Crippen molar-refractivity contribution in [1.29, 1.82) is 0 Å². The Bertz CT molecular complexity index is 1060. The first-order valence-electron chi connectivity index (χ1n) is 10.0. The van der Waals surface area contributed by atoms with E-state index in [0.717, 1.165) is 49.3 Å². The Morgan fingerprint density at radius 3 is 2.58 bits per heavy atom. The Kier molecular flexibility index (Phi) is 5.79. The lowest BCUT2D eigenvalue weighted by Gasteiger charge is -2.27. The van der Waals surface area contributed by atoms with Crippen molar-refractivity contribution in [2.45, 2.75) is 45.9 Å². The summed E-state index contributed by atoms with van der Waals surface area (Å²) in [5.74, 6) is 1.26. The van der Waals surface area contributed by atoms with Gasteiger partial charge in [-0.25, -0.2) is 4.98 Å². The Labute approximate surface area is 177 Å². The van der Waals surface area contributed by atoms with Crippen molar-refractivity contribution in [3.63, 3.8) is 0 Å². The highest BCUT2D eigenvalue weighted by Gasteiger charge is 2.30. The van der Waals surface area contributed by atoms with Crippen LogP contribution in [0.15, 0.2) is 28.8 Å². The van der Waals surface area contributed by atoms with Crippen LogP contribution in [-0.4, -0.2) is 33.2 Å². The fourth-order valence-corrected chi connectivity index (χ4v) is 3.36. The number of piperidine rings is 1. The van der Waals surface area contributed by atoms with Crippen LogP contribution in [0.5, 0.6) is 5.88 Å². The zero-order chi connectivity index (χ0) is 22.0. The average Bonchev–Trinajstić information content (AvgIpc) is 3.24. The van der Waals surface area contributed by atoms with Gasteiger partial charge < -0.3 is 14.2 Å². The van der Waals surface area contributed by atoms with E-state index in [4.69, 9.17) is 9.26 Å². The van der Waals surface area contributed by atoms with Crippen LogP contribution < -0.4 is 9.64 Å². The molecule has 2 aromatic heterocycles. The third-order valence-corrected chi connectivity index (χ3v) is 5.22. The first-order chi connectivity index (χ1) is 14.8. The lowest BCUT2D eigenvalue weighted by Crippen LogP contribution is -2.31. The highest BCUT2D eigenvalue weighted by atomic mass is 19.4. The number of benzene rings is 1. The molecular weight excluding hydrogens is 411 g/mol. The van der Waals surface area contributed by atoms with Gasteiger partial charge in [0, 0.05) is 29.9 Å². The van der Waals surface area contributed by atoms with Crippen LogP contribution in [0.2, 0.25) is 0 Å². The standard InChI is InChI=1S/C21H22F3N5O2/c1-13-14(2)25-20(29-9-4-3-5-10-29)27-19(13)30-12-17-26-18(28-31-17)15-7-6-8-16(11-15)21(22,23)24/h6-8,11H,3-5,9-10,12H2,1-2H3. The number of ether oxygens (including phenoxy) is 1. The van der Waals surface area contributed by atoms with Gasteiger partial charge in [0.1, 0.15) is 0 Å². The number of halogens is 3. The first-order valence-corrected chi connectivity index (χ1v) is 10.0. The molecule has 0 amide bonds. The largest absolute Gasteiger partial charge is 0.467 e. The summed E-state index contributed by atoms with van der Waals surface area (Å²) in [4.78, 5) is 15.4. The quantitative estimate of drug-likeness (QED) is 0.576. The summed E-state index contributed by atoms with van der Waals surface area (Å²) in [5.41, 5.74) is 1.07. The van der Waals surface area contributed by atoms with E-state index in [2.05, 4.69) is 25.0 Å². The van der Waals surface area contributed by atoms with Gasteiger partial charge >= 0.3 is 6.18 Å². The van der Waals surface area contributed by atoms with Gasteiger partial charge in [0.15, 0.2) is 6.61 Å². The minimum atomic E-state index is -4.44. The molecule has 0 aliphatic carbocycles. The number of aryl methyl sites for hydroxylation is 1. The van der Waals surface area contributed by atoms with E-state index in [0.29, 0.717) is 11.8 Å². The van der Waals surface area contributed by atoms with Crippen LogP contribution in [0, 0.1) is 13.8 Å². The van der Waals surface area contributed by atoms with Gasteiger partial charge in [-0.05, 0) is 45.2 Å². The van der Waals surface area contributed by atoms with Crippen LogP contribution in [0.3, 0.4) is 0 Å². The van der Waals surface area contributed by atoms with Crippen LogP contribution in [0.4, 0.5) is 19.1 Å². The summed E-state index contributed by atoms with van der Waals surface area (Å²) in [5, 5.41) is 3.78. The number of nitrogens with zero attached hydrogens (tertiary/aromatic N) is 5. The fraction of sp³-hybridized carbons (Fsp3) is 0.429. The predicted octanol–water partition coefficient (Wildman–Crippen LogP) is 4.73. The zero-order valence-electron chi connectivity index (χ0n) is 17.2. The second kappa shape index (κ2) is 8.52. The number of rotatable bonds is 5. The topological polar surface area (TPSA) is 77.2 Å². The number of alkyl halides is 3. The van der Waals surface area contributed by atoms with Gasteiger partial charge in [-0.15, -0.1) is 0 Å². The molecule has 4 rings (SSSR count). The summed E-state index contributed by atoms with van der Waals surface area (Å²) in [6.07, 6.45) is -1.03. The van der Waals surface area contributed by atoms with Crippen molar-refractivity contribution >= 4 is 5.95 Å². The van der Waals surface area contributed by atoms with Crippen molar-refractivity contribution < 1.29 is 22.4 Å². The van der Waals surface area contributed by atoms with Crippen molar-refractivity contribution in [3.05, 3.63) is 47.0 Å². The maximum absolute atomic E-state index is 12.9. The summed E-state index contributed by atoms with van der Waals surface area (Å²) >= 11 is 0. The van der Waals surface area contributed by atoms with Gasteiger partial charge in [-0.1, -0.05) is 17.3 Å². The molecule has 0 spiro atoms. The number of anilines is 1. The second-order valence-electron chi connectivity index (χ2n) is 7.47. The molecule has 31 heavy (non-hydrogen) atoms. The highest BCUT2D eigenvalue weighted by molar-refractivity contribution is 5.55. The summed E-state index contributed by atoms with van der Waals surface area (Å²) in [7, 11) is 0. The molecule has 0 unspecified atom stereocenters. The molecule has 3 heterocycles. The second-order valence-corrected chi connectivity index (χ2v) is 7.47. The number of hydrogen-bond donors (Lipinski definition) is 0. The monoisotopic (exact) mass is 433 g/mol. The molecule has 1 aliphatic rings. The van der Waals surface area contributed by atoms with Gasteiger partial charge in [0.2, 0.25) is 17.7 Å². The molecule has 1 saturated heterocycles. The van der Waals surface area contributed by atoms with Crippen LogP contribution in [0.1, 0.15) is 42.0 Å². The van der Waals surface area contributed by atoms with Crippen molar-refractivity contribution in [2.24, 2.45) is 0 Å². The van der Waals surface area contributed by atoms with Crippen molar-refractivity contribution in [3.8, 4) is 17.3 Å². The third-order valence-electron chi connectivity index (χ3n) is 5.22. The van der Waals surface area contributed by atoms with Crippen molar-refractivity contribution in [2.75, 3.05) is 18.0 Å². The van der Waals surface area contributed by atoms with E-state index in [9.17, 15) is 13.2 Å². The molecule has 0 bridgehead atoms. The SMILES string of the molecule is Cc1nc(N2CCCCC2)nc(OCc2nc(-c3cccc(C(F)(F)F)c3)no2)c1C. The van der Waals surface area contributed by atoms with E-state index >= 15 is 0 Å². The minimum absolute atomic E-state index is 0.0529. The molecule has 3 aromatic rings. The minimum Gasteiger partial charge on any atom is -0.467 e. The lowest BCUT2D eigenvalue weighted by atomic mass is 10.1. The number of aromatic nitrogens is 4. The molecule has 0 N–H and O–H groups in total. The maximum atomic E-state index is 12.9. The van der Waals surface area contributed by atoms with Gasteiger partial charge in [-0.3, -0.25) is 0 Å². The normalized spacial score (nSPS) is 14.7. The van der Waals surface area contributed by atoms with E-state index < -0.39 is 11.7 Å². The van der Waals surface area contributed by atoms with Crippen LogP contribution in [0.25, 0.3) is 11.4 Å². The fourth-order valence-electron chi connectivity index (χ4n) is 3.36. The Morgan fingerprint density at radius 1 is 1.06 bits per heavy atom. The van der Waals surface area contributed by atoms with Gasteiger partial charge in [0.25, 0.3) is 5.89 Å². The summed E-state index contributed by atoms with van der Waals surface area (Å²) in [6, 6.07) is 4.78. The Hall–Kier alpha value is -3.17. The highest BCUT2D eigenvalue weighted by Crippen LogP contribution is 2.31. The molecule has 1 fully saturated rings. The van der Waals surface area contributed by atoms with Crippen LogP contribution >= 0.6 is 0 Å². The third kappa shape index (κ3) is 4.78. The van der Waals surface area contributed by atoms with Gasteiger partial charge in [0.05, 0.1) is 5.56 Å². The molecule has 0 atom stereocenters. The smallest absolute Gasteiger partial charge is 0.416 e. The van der Waals surface area contributed by atoms with E-state index in [1.54, 1.807) is 0 Å². The Morgan fingerprint density at radius 2 is 1.84 bits per heavy atom. The lowest BCUT2D eigenvalue weighted by molar-refractivity contribution is -0.137. The molecule has 164 valence electrons. The molecule has 1 aliphatic heterocycles. The molecule has 10 heteroatoms. The van der Waals surface area contributed by atoms with E-state index in [1.807, 2.05) is 13.8 Å². The van der Waals surface area contributed by atoms with Crippen LogP contribution in [-0.2, 0) is 12.8 Å². The molecule has 7 nitrogen and oxygen atoms in total. The first kappa shape index (κ1) is 21.1. The number of hydrogen-bond acceptors (Lipinski definition) is 7. The summed E-state index contributed by atoms with van der Waals surface area (Å²) in [6.45, 7) is 5.53. The van der Waals surface area contributed by atoms with Crippen molar-refractivity contribution in [1.82, 2.24) is 20.1 Å². The maximum Gasteiger partial charge on any atom is 0.416 e. The van der Waals surface area contributed by atoms with E-state index in [-0.39, 0.29) is 23.9 Å². The molecule has 0 saturated carbocycles. The van der Waals surface area contributed by atoms with E-state index in [1.165, 1.54) is 18.6 Å². The molecular formula is C21H22F3N5O2. The average molecular weight is 433 g/mol.